The van der Waals surface area contributed by atoms with Crippen molar-refractivity contribution in [1.29, 1.82) is 0 Å². The molecule has 19 heavy (non-hydrogen) atoms. The normalized spacial score (nSPS) is 14.2. The van der Waals surface area contributed by atoms with E-state index in [0.717, 1.165) is 6.26 Å². The van der Waals surface area contributed by atoms with Gasteiger partial charge < -0.3 is 10.5 Å². The second-order valence-corrected chi connectivity index (χ2v) is 7.72. The Labute approximate surface area is 113 Å². The van der Waals surface area contributed by atoms with E-state index in [1.54, 1.807) is 26.0 Å². The van der Waals surface area contributed by atoms with Gasteiger partial charge in [-0.05, 0) is 31.9 Å². The average molecular weight is 289 g/mol. The van der Waals surface area contributed by atoms with E-state index in [-0.39, 0.29) is 12.2 Å². The van der Waals surface area contributed by atoms with Gasteiger partial charge in [-0.15, -0.1) is 0 Å². The summed E-state index contributed by atoms with van der Waals surface area (Å²) < 4.78 is 41.1. The fourth-order valence-electron chi connectivity index (χ4n) is 1.63. The SMILES string of the molecule is COc1cccc(CC(N)C(C)(C)S(C)(=O)=O)c1F. The molecule has 0 amide bonds. The number of methoxy groups -OCH3 is 1. The maximum absolute atomic E-state index is 14.0. The quantitative estimate of drug-likeness (QED) is 0.892. The van der Waals surface area contributed by atoms with Crippen molar-refractivity contribution in [1.82, 2.24) is 0 Å². The Bertz CT molecular complexity index is 555. The molecule has 1 unspecified atom stereocenters. The van der Waals surface area contributed by atoms with Crippen molar-refractivity contribution in [2.24, 2.45) is 5.73 Å². The number of hydrogen-bond acceptors (Lipinski definition) is 4. The molecule has 6 heteroatoms. The van der Waals surface area contributed by atoms with Gasteiger partial charge in [0.2, 0.25) is 0 Å². The lowest BCUT2D eigenvalue weighted by molar-refractivity contribution is 0.382. The van der Waals surface area contributed by atoms with Crippen LogP contribution >= 0.6 is 0 Å². The Morgan fingerprint density at radius 3 is 2.47 bits per heavy atom. The molecule has 0 aliphatic rings. The van der Waals surface area contributed by atoms with E-state index < -0.39 is 26.4 Å². The average Bonchev–Trinajstić information content (AvgIpc) is 2.30. The van der Waals surface area contributed by atoms with Gasteiger partial charge in [0, 0.05) is 12.3 Å². The summed E-state index contributed by atoms with van der Waals surface area (Å²) in [7, 11) is -1.95. The van der Waals surface area contributed by atoms with Crippen LogP contribution in [0.3, 0.4) is 0 Å². The predicted molar refractivity (Wildman–Crippen MR) is 73.6 cm³/mol. The van der Waals surface area contributed by atoms with Crippen LogP contribution in [0.1, 0.15) is 19.4 Å². The molecule has 1 rings (SSSR count). The van der Waals surface area contributed by atoms with Gasteiger partial charge in [0.1, 0.15) is 0 Å². The molecule has 0 bridgehead atoms. The topological polar surface area (TPSA) is 69.4 Å². The second kappa shape index (κ2) is 5.46. The van der Waals surface area contributed by atoms with E-state index >= 15 is 0 Å². The van der Waals surface area contributed by atoms with Crippen LogP contribution in [0.25, 0.3) is 0 Å². The molecule has 0 aromatic heterocycles. The fraction of sp³-hybridized carbons (Fsp3) is 0.538. The van der Waals surface area contributed by atoms with Crippen LogP contribution in [0, 0.1) is 5.82 Å². The molecule has 0 saturated heterocycles. The Balaban J connectivity index is 3.04. The number of halogens is 1. The molecule has 0 aliphatic heterocycles. The molecule has 1 atom stereocenters. The minimum atomic E-state index is -3.33. The summed E-state index contributed by atoms with van der Waals surface area (Å²) in [5.74, 6) is -0.369. The zero-order valence-corrected chi connectivity index (χ0v) is 12.4. The first-order chi connectivity index (χ1) is 8.61. The predicted octanol–water partition coefficient (Wildman–Crippen LogP) is 1.53. The van der Waals surface area contributed by atoms with Crippen LogP contribution in [-0.2, 0) is 16.3 Å². The van der Waals surface area contributed by atoms with Crippen LogP contribution in [0.15, 0.2) is 18.2 Å². The maximum Gasteiger partial charge on any atom is 0.168 e. The van der Waals surface area contributed by atoms with Crippen molar-refractivity contribution in [3.8, 4) is 5.75 Å². The van der Waals surface area contributed by atoms with Crippen LogP contribution in [0.4, 0.5) is 4.39 Å². The summed E-state index contributed by atoms with van der Waals surface area (Å²) >= 11 is 0. The lowest BCUT2D eigenvalue weighted by atomic mass is 9.96. The smallest absolute Gasteiger partial charge is 0.168 e. The summed E-state index contributed by atoms with van der Waals surface area (Å²) in [4.78, 5) is 0. The van der Waals surface area contributed by atoms with Gasteiger partial charge in [-0.3, -0.25) is 0 Å². The van der Waals surface area contributed by atoms with Gasteiger partial charge in [0.15, 0.2) is 21.4 Å². The molecule has 0 aliphatic carbocycles. The van der Waals surface area contributed by atoms with Gasteiger partial charge in [-0.2, -0.15) is 0 Å². The van der Waals surface area contributed by atoms with E-state index in [2.05, 4.69) is 0 Å². The third-order valence-electron chi connectivity index (χ3n) is 3.55. The highest BCUT2D eigenvalue weighted by Gasteiger charge is 2.37. The van der Waals surface area contributed by atoms with E-state index in [9.17, 15) is 12.8 Å². The highest BCUT2D eigenvalue weighted by Crippen LogP contribution is 2.25. The number of hydrogen-bond donors (Lipinski definition) is 1. The first kappa shape index (κ1) is 15.9. The number of sulfone groups is 1. The monoisotopic (exact) mass is 289 g/mol. The minimum absolute atomic E-state index is 0.127. The van der Waals surface area contributed by atoms with Crippen LogP contribution in [0.2, 0.25) is 0 Å². The molecule has 2 N–H and O–H groups in total. The third-order valence-corrected chi connectivity index (χ3v) is 5.77. The Kier molecular flexibility index (Phi) is 4.58. The second-order valence-electron chi connectivity index (χ2n) is 5.12. The summed E-state index contributed by atoms with van der Waals surface area (Å²) in [6.45, 7) is 3.09. The molecule has 0 fully saturated rings. The zero-order chi connectivity index (χ0) is 14.8. The number of nitrogens with two attached hydrogens (primary N) is 1. The summed E-state index contributed by atoms with van der Waals surface area (Å²) in [6, 6.07) is 4.03. The summed E-state index contributed by atoms with van der Waals surface area (Å²) in [5.41, 5.74) is 6.29. The number of ether oxygens (including phenoxy) is 1. The van der Waals surface area contributed by atoms with Gasteiger partial charge in [-0.1, -0.05) is 12.1 Å². The van der Waals surface area contributed by atoms with E-state index in [0.29, 0.717) is 5.56 Å². The highest BCUT2D eigenvalue weighted by molar-refractivity contribution is 7.92. The number of benzene rings is 1. The number of rotatable bonds is 5. The Hall–Kier alpha value is -1.14. The van der Waals surface area contributed by atoms with E-state index in [1.807, 2.05) is 0 Å². The van der Waals surface area contributed by atoms with Gasteiger partial charge in [0.05, 0.1) is 11.9 Å². The molecular formula is C13H20FNO3S. The molecule has 0 radical (unpaired) electrons. The van der Waals surface area contributed by atoms with Crippen molar-refractivity contribution < 1.29 is 17.5 Å². The van der Waals surface area contributed by atoms with Crippen LogP contribution in [0.5, 0.6) is 5.75 Å². The van der Waals surface area contributed by atoms with Crippen molar-refractivity contribution in [2.75, 3.05) is 13.4 Å². The molecule has 0 heterocycles. The van der Waals surface area contributed by atoms with Crippen LogP contribution in [-0.4, -0.2) is 32.6 Å². The van der Waals surface area contributed by atoms with Crippen molar-refractivity contribution in [3.05, 3.63) is 29.6 Å². The summed E-state index contributed by atoms with van der Waals surface area (Å²) in [6.07, 6.45) is 1.26. The first-order valence-electron chi connectivity index (χ1n) is 5.87. The first-order valence-corrected chi connectivity index (χ1v) is 7.77. The molecule has 0 spiro atoms. The van der Waals surface area contributed by atoms with Crippen molar-refractivity contribution in [3.63, 3.8) is 0 Å². The lowest BCUT2D eigenvalue weighted by Crippen LogP contribution is -2.50. The molecule has 108 valence electrons. The zero-order valence-electron chi connectivity index (χ0n) is 11.6. The van der Waals surface area contributed by atoms with Crippen molar-refractivity contribution >= 4 is 9.84 Å². The van der Waals surface area contributed by atoms with Gasteiger partial charge in [-0.25, -0.2) is 12.8 Å². The van der Waals surface area contributed by atoms with Gasteiger partial charge >= 0.3 is 0 Å². The standard InChI is InChI=1S/C13H20FNO3S/c1-13(2,19(4,16)17)11(15)8-9-6-5-7-10(18-3)12(9)14/h5-7,11H,8,15H2,1-4H3. The van der Waals surface area contributed by atoms with Gasteiger partial charge in [0.25, 0.3) is 0 Å². The summed E-state index contributed by atoms with van der Waals surface area (Å²) in [5, 5.41) is 0. The van der Waals surface area contributed by atoms with E-state index in [4.69, 9.17) is 10.5 Å². The molecule has 0 saturated carbocycles. The molecule has 1 aromatic rings. The van der Waals surface area contributed by atoms with E-state index in [1.165, 1.54) is 13.2 Å². The fourth-order valence-corrected chi connectivity index (χ4v) is 2.26. The highest BCUT2D eigenvalue weighted by atomic mass is 32.2. The Morgan fingerprint density at radius 1 is 1.42 bits per heavy atom. The molecule has 4 nitrogen and oxygen atoms in total. The lowest BCUT2D eigenvalue weighted by Gasteiger charge is -2.29. The maximum atomic E-state index is 14.0. The van der Waals surface area contributed by atoms with Crippen molar-refractivity contribution in [2.45, 2.75) is 31.1 Å². The third kappa shape index (κ3) is 3.25. The molecular weight excluding hydrogens is 269 g/mol. The molecule has 1 aromatic carbocycles. The van der Waals surface area contributed by atoms with Crippen LogP contribution < -0.4 is 10.5 Å². The largest absolute Gasteiger partial charge is 0.494 e. The Morgan fingerprint density at radius 2 is 2.00 bits per heavy atom. The minimum Gasteiger partial charge on any atom is -0.494 e.